The molecule has 0 N–H and O–H groups in total. The maximum atomic E-state index is 11.9. The van der Waals surface area contributed by atoms with Gasteiger partial charge in [0.15, 0.2) is 0 Å². The summed E-state index contributed by atoms with van der Waals surface area (Å²) in [5.41, 5.74) is 1.74. The van der Waals surface area contributed by atoms with Crippen LogP contribution in [0, 0.1) is 6.92 Å². The van der Waals surface area contributed by atoms with Gasteiger partial charge in [-0.2, -0.15) is 4.68 Å². The monoisotopic (exact) mass is 281 g/mol. The molecule has 0 bridgehead atoms. The third-order valence-corrected chi connectivity index (χ3v) is 3.04. The van der Waals surface area contributed by atoms with Crippen molar-refractivity contribution in [2.75, 3.05) is 0 Å². The highest BCUT2D eigenvalue weighted by Crippen LogP contribution is 2.10. The van der Waals surface area contributed by atoms with Gasteiger partial charge in [-0.3, -0.25) is 4.57 Å². The molecular formula is C11H12BrN3O. The number of rotatable bonds is 2. The minimum absolute atomic E-state index is 0.122. The van der Waals surface area contributed by atoms with Crippen LogP contribution in [0.5, 0.6) is 0 Å². The molecule has 16 heavy (non-hydrogen) atoms. The van der Waals surface area contributed by atoms with Gasteiger partial charge in [-0.05, 0) is 18.6 Å². The van der Waals surface area contributed by atoms with Crippen molar-refractivity contribution in [3.63, 3.8) is 0 Å². The van der Waals surface area contributed by atoms with Crippen molar-refractivity contribution in [1.29, 1.82) is 0 Å². The quantitative estimate of drug-likeness (QED) is 0.788. The lowest BCUT2D eigenvalue weighted by atomic mass is 10.2. The van der Waals surface area contributed by atoms with Gasteiger partial charge in [0.05, 0.1) is 11.0 Å². The zero-order chi connectivity index (χ0) is 11.7. The number of aromatic nitrogens is 3. The Morgan fingerprint density at radius 2 is 2.06 bits per heavy atom. The number of para-hydroxylation sites is 1. The van der Waals surface area contributed by atoms with Gasteiger partial charge in [-0.1, -0.05) is 34.1 Å². The summed E-state index contributed by atoms with van der Waals surface area (Å²) in [5.74, 6) is 0.716. The largest absolute Gasteiger partial charge is 0.350 e. The first-order valence-electron chi connectivity index (χ1n) is 4.92. The molecule has 2 rings (SSSR count). The van der Waals surface area contributed by atoms with Crippen molar-refractivity contribution in [3.8, 4) is 5.69 Å². The van der Waals surface area contributed by atoms with Crippen LogP contribution in [0.4, 0.5) is 0 Å². The van der Waals surface area contributed by atoms with E-state index < -0.39 is 0 Å². The number of hydrogen-bond donors (Lipinski definition) is 0. The van der Waals surface area contributed by atoms with Crippen LogP contribution < -0.4 is 5.69 Å². The van der Waals surface area contributed by atoms with Crippen molar-refractivity contribution in [3.05, 3.63) is 46.1 Å². The lowest BCUT2D eigenvalue weighted by Crippen LogP contribution is -2.22. The first kappa shape index (κ1) is 11.1. The maximum Gasteiger partial charge on any atom is 0.350 e. The molecule has 0 aliphatic carbocycles. The van der Waals surface area contributed by atoms with Crippen LogP contribution in [-0.4, -0.2) is 14.3 Å². The fourth-order valence-electron chi connectivity index (χ4n) is 1.55. The van der Waals surface area contributed by atoms with Gasteiger partial charge in [0.1, 0.15) is 5.82 Å². The Morgan fingerprint density at radius 3 is 2.62 bits per heavy atom. The normalized spacial score (nSPS) is 10.7. The van der Waals surface area contributed by atoms with Crippen LogP contribution in [0.3, 0.4) is 0 Å². The maximum absolute atomic E-state index is 11.9. The molecule has 2 aromatic rings. The van der Waals surface area contributed by atoms with Gasteiger partial charge in [0.2, 0.25) is 0 Å². The van der Waals surface area contributed by atoms with Crippen molar-refractivity contribution in [1.82, 2.24) is 14.3 Å². The number of halogens is 1. The second-order valence-electron chi connectivity index (χ2n) is 3.59. The van der Waals surface area contributed by atoms with E-state index in [1.54, 1.807) is 11.6 Å². The smallest absolute Gasteiger partial charge is 0.281 e. The fraction of sp³-hybridized carbons (Fsp3) is 0.273. The molecule has 0 saturated heterocycles. The van der Waals surface area contributed by atoms with E-state index >= 15 is 0 Å². The van der Waals surface area contributed by atoms with E-state index in [4.69, 9.17) is 0 Å². The van der Waals surface area contributed by atoms with Crippen molar-refractivity contribution >= 4 is 15.9 Å². The molecule has 0 atom stereocenters. The first-order valence-corrected chi connectivity index (χ1v) is 6.04. The zero-order valence-electron chi connectivity index (χ0n) is 9.14. The van der Waals surface area contributed by atoms with Gasteiger partial charge >= 0.3 is 5.69 Å². The molecule has 0 amide bonds. The van der Waals surface area contributed by atoms with Crippen LogP contribution in [0.1, 0.15) is 11.4 Å². The summed E-state index contributed by atoms with van der Waals surface area (Å²) in [6.45, 7) is 1.96. The van der Waals surface area contributed by atoms with Crippen LogP contribution >= 0.6 is 15.9 Å². The number of aryl methyl sites for hydroxylation is 1. The third-order valence-electron chi connectivity index (χ3n) is 2.53. The average molecular weight is 282 g/mol. The van der Waals surface area contributed by atoms with Crippen LogP contribution in [0.15, 0.2) is 29.1 Å². The molecule has 1 aromatic heterocycles. The van der Waals surface area contributed by atoms with E-state index in [0.29, 0.717) is 11.2 Å². The van der Waals surface area contributed by atoms with E-state index in [0.717, 1.165) is 11.3 Å². The van der Waals surface area contributed by atoms with Crippen molar-refractivity contribution in [2.24, 2.45) is 7.05 Å². The average Bonchev–Trinajstić information content (AvgIpc) is 2.57. The van der Waals surface area contributed by atoms with Gasteiger partial charge in [0, 0.05) is 7.05 Å². The van der Waals surface area contributed by atoms with E-state index in [1.165, 1.54) is 4.68 Å². The fourth-order valence-corrected chi connectivity index (χ4v) is 2.04. The summed E-state index contributed by atoms with van der Waals surface area (Å²) < 4.78 is 2.98. The van der Waals surface area contributed by atoms with Gasteiger partial charge in [-0.15, -0.1) is 5.10 Å². The van der Waals surface area contributed by atoms with E-state index in [1.807, 2.05) is 31.2 Å². The van der Waals surface area contributed by atoms with Gasteiger partial charge in [-0.25, -0.2) is 4.79 Å². The van der Waals surface area contributed by atoms with Crippen LogP contribution in [0.25, 0.3) is 5.69 Å². The Bertz CT molecular complexity index is 571. The molecule has 5 heteroatoms. The summed E-state index contributed by atoms with van der Waals surface area (Å²) in [7, 11) is 1.72. The molecule has 84 valence electrons. The summed E-state index contributed by atoms with van der Waals surface area (Å²) in [4.78, 5) is 11.9. The number of benzene rings is 1. The highest BCUT2D eigenvalue weighted by Gasteiger charge is 2.11. The standard InChI is InChI=1S/C11H12BrN3O/c1-8-5-3-4-6-9(8)15-11(16)14(2)10(7-12)13-15/h3-6H,7H2,1-2H3. The summed E-state index contributed by atoms with van der Waals surface area (Å²) in [6, 6.07) is 7.70. The molecule has 0 radical (unpaired) electrons. The van der Waals surface area contributed by atoms with Gasteiger partial charge in [0.25, 0.3) is 0 Å². The van der Waals surface area contributed by atoms with E-state index in [9.17, 15) is 4.79 Å². The molecule has 0 aliphatic heterocycles. The van der Waals surface area contributed by atoms with Crippen LogP contribution in [-0.2, 0) is 12.4 Å². The Balaban J connectivity index is 2.66. The predicted octanol–water partition coefficient (Wildman–Crippen LogP) is 1.77. The lowest BCUT2D eigenvalue weighted by molar-refractivity contribution is 0.791. The van der Waals surface area contributed by atoms with Crippen molar-refractivity contribution in [2.45, 2.75) is 12.3 Å². The number of nitrogens with zero attached hydrogens (tertiary/aromatic N) is 3. The lowest BCUT2D eigenvalue weighted by Gasteiger charge is -2.02. The zero-order valence-corrected chi connectivity index (χ0v) is 10.7. The topological polar surface area (TPSA) is 39.8 Å². The number of alkyl halides is 1. The Labute approximate surface area is 102 Å². The third kappa shape index (κ3) is 1.71. The SMILES string of the molecule is Cc1ccccc1-n1nc(CBr)n(C)c1=O. The van der Waals surface area contributed by atoms with E-state index in [2.05, 4.69) is 21.0 Å². The Kier molecular flexibility index (Phi) is 2.96. The molecule has 1 heterocycles. The molecule has 0 fully saturated rings. The Morgan fingerprint density at radius 1 is 1.38 bits per heavy atom. The molecule has 1 aromatic carbocycles. The Hall–Kier alpha value is -1.36. The summed E-state index contributed by atoms with van der Waals surface area (Å²) >= 11 is 3.31. The second-order valence-corrected chi connectivity index (χ2v) is 4.15. The highest BCUT2D eigenvalue weighted by molar-refractivity contribution is 9.08. The minimum atomic E-state index is -0.122. The molecule has 0 saturated carbocycles. The summed E-state index contributed by atoms with van der Waals surface area (Å²) in [5, 5.41) is 4.85. The molecule has 4 nitrogen and oxygen atoms in total. The predicted molar refractivity (Wildman–Crippen MR) is 66.2 cm³/mol. The van der Waals surface area contributed by atoms with E-state index in [-0.39, 0.29) is 5.69 Å². The minimum Gasteiger partial charge on any atom is -0.281 e. The molecule has 0 aliphatic rings. The second kappa shape index (κ2) is 4.25. The molecule has 0 spiro atoms. The van der Waals surface area contributed by atoms with Crippen molar-refractivity contribution < 1.29 is 0 Å². The highest BCUT2D eigenvalue weighted by atomic mass is 79.9. The molecule has 0 unspecified atom stereocenters. The summed E-state index contributed by atoms with van der Waals surface area (Å²) in [6.07, 6.45) is 0. The van der Waals surface area contributed by atoms with Gasteiger partial charge < -0.3 is 0 Å². The van der Waals surface area contributed by atoms with Crippen LogP contribution in [0.2, 0.25) is 0 Å². The number of hydrogen-bond acceptors (Lipinski definition) is 2. The molecular weight excluding hydrogens is 270 g/mol. The first-order chi connectivity index (χ1) is 7.65.